The molecule has 1 N–H and O–H groups in total. The fourth-order valence-corrected chi connectivity index (χ4v) is 2.58. The van der Waals surface area contributed by atoms with Crippen LogP contribution in [0.3, 0.4) is 0 Å². The molecule has 0 bridgehead atoms. The van der Waals surface area contributed by atoms with Gasteiger partial charge in [0, 0.05) is 11.0 Å². The van der Waals surface area contributed by atoms with Crippen molar-refractivity contribution < 1.29 is 19.4 Å². The normalized spacial score (nSPS) is 18.1. The highest BCUT2D eigenvalue weighted by Gasteiger charge is 2.36. The van der Waals surface area contributed by atoms with Crippen LogP contribution in [0.2, 0.25) is 0 Å². The number of hydrogen-bond acceptors (Lipinski definition) is 3. The number of amides is 1. The van der Waals surface area contributed by atoms with Gasteiger partial charge in [-0.25, -0.2) is 9.59 Å². The number of carboxylic acids is 1. The fraction of sp³-hybridized carbons (Fsp3) is 0.333. The maximum Gasteiger partial charge on any atom is 0.410 e. The fourth-order valence-electron chi connectivity index (χ4n) is 2.18. The molecule has 0 radical (unpaired) electrons. The van der Waals surface area contributed by atoms with Crippen molar-refractivity contribution in [1.29, 1.82) is 0 Å². The van der Waals surface area contributed by atoms with Gasteiger partial charge in [0.25, 0.3) is 0 Å². The number of methoxy groups -OCH3 is 1. The quantitative estimate of drug-likeness (QED) is 0.863. The predicted octanol–water partition coefficient (Wildman–Crippen LogP) is 2.20. The van der Waals surface area contributed by atoms with E-state index < -0.39 is 18.1 Å². The van der Waals surface area contributed by atoms with E-state index in [4.69, 9.17) is 0 Å². The predicted molar refractivity (Wildman–Crippen MR) is 67.3 cm³/mol. The molecule has 6 heteroatoms. The summed E-state index contributed by atoms with van der Waals surface area (Å²) in [5.41, 5.74) is 1.58. The molecule has 0 spiro atoms. The Morgan fingerprint density at radius 1 is 1.50 bits per heavy atom. The van der Waals surface area contributed by atoms with Gasteiger partial charge in [0.2, 0.25) is 0 Å². The summed E-state index contributed by atoms with van der Waals surface area (Å²) in [5, 5.41) is 9.31. The van der Waals surface area contributed by atoms with E-state index in [0.717, 1.165) is 10.0 Å². The van der Waals surface area contributed by atoms with Crippen LogP contribution < -0.4 is 0 Å². The second kappa shape index (κ2) is 4.97. The van der Waals surface area contributed by atoms with Crippen molar-refractivity contribution in [2.45, 2.75) is 12.5 Å². The summed E-state index contributed by atoms with van der Waals surface area (Å²) in [4.78, 5) is 24.2. The van der Waals surface area contributed by atoms with E-state index in [9.17, 15) is 14.7 Å². The number of aliphatic carboxylic acids is 1. The Labute approximate surface area is 112 Å². The van der Waals surface area contributed by atoms with Gasteiger partial charge in [-0.15, -0.1) is 0 Å². The van der Waals surface area contributed by atoms with E-state index >= 15 is 0 Å². The molecule has 1 atom stereocenters. The lowest BCUT2D eigenvalue weighted by Gasteiger charge is -2.33. The van der Waals surface area contributed by atoms with Crippen molar-refractivity contribution in [3.8, 4) is 0 Å². The number of rotatable bonds is 1. The van der Waals surface area contributed by atoms with Gasteiger partial charge in [-0.05, 0) is 29.7 Å². The Morgan fingerprint density at radius 3 is 2.83 bits per heavy atom. The highest BCUT2D eigenvalue weighted by Crippen LogP contribution is 2.32. The average Bonchev–Trinajstić information content (AvgIpc) is 2.35. The van der Waals surface area contributed by atoms with Gasteiger partial charge in [-0.2, -0.15) is 0 Å². The Bertz CT molecular complexity index is 503. The zero-order valence-corrected chi connectivity index (χ0v) is 11.3. The largest absolute Gasteiger partial charge is 0.479 e. The molecular weight excluding hydrogens is 302 g/mol. The van der Waals surface area contributed by atoms with Gasteiger partial charge in [-0.3, -0.25) is 4.90 Å². The SMILES string of the molecule is COC(=O)N1CCc2cc(Br)ccc2C1C(=O)O. The van der Waals surface area contributed by atoms with Crippen molar-refractivity contribution >= 4 is 28.0 Å². The van der Waals surface area contributed by atoms with Crippen LogP contribution in [0.25, 0.3) is 0 Å². The summed E-state index contributed by atoms with van der Waals surface area (Å²) in [6.07, 6.45) is 0.00386. The van der Waals surface area contributed by atoms with Gasteiger partial charge in [-0.1, -0.05) is 22.0 Å². The Morgan fingerprint density at radius 2 is 2.22 bits per heavy atom. The molecule has 2 rings (SSSR count). The molecule has 96 valence electrons. The first kappa shape index (κ1) is 12.9. The molecule has 0 saturated heterocycles. The minimum absolute atomic E-state index is 0.340. The highest BCUT2D eigenvalue weighted by molar-refractivity contribution is 9.10. The van der Waals surface area contributed by atoms with Crippen LogP contribution in [-0.2, 0) is 16.0 Å². The minimum Gasteiger partial charge on any atom is -0.479 e. The smallest absolute Gasteiger partial charge is 0.410 e. The first-order chi connectivity index (χ1) is 8.54. The first-order valence-corrected chi connectivity index (χ1v) is 6.19. The lowest BCUT2D eigenvalue weighted by atomic mass is 9.93. The van der Waals surface area contributed by atoms with Gasteiger partial charge in [0.05, 0.1) is 7.11 Å². The summed E-state index contributed by atoms with van der Waals surface area (Å²) in [5.74, 6) is -1.05. The average molecular weight is 314 g/mol. The number of carboxylic acid groups (broad SMARTS) is 1. The van der Waals surface area contributed by atoms with Crippen molar-refractivity contribution in [3.63, 3.8) is 0 Å². The summed E-state index contributed by atoms with van der Waals surface area (Å²) >= 11 is 3.35. The minimum atomic E-state index is -1.05. The van der Waals surface area contributed by atoms with Crippen molar-refractivity contribution in [3.05, 3.63) is 33.8 Å². The van der Waals surface area contributed by atoms with Crippen LogP contribution in [-0.4, -0.2) is 35.7 Å². The number of benzene rings is 1. The van der Waals surface area contributed by atoms with Gasteiger partial charge < -0.3 is 9.84 Å². The molecule has 0 aliphatic carbocycles. The van der Waals surface area contributed by atoms with E-state index in [2.05, 4.69) is 20.7 Å². The topological polar surface area (TPSA) is 66.8 Å². The van der Waals surface area contributed by atoms with E-state index in [1.54, 1.807) is 12.1 Å². The maximum atomic E-state index is 11.6. The van der Waals surface area contributed by atoms with E-state index in [1.807, 2.05) is 6.07 Å². The van der Waals surface area contributed by atoms with Gasteiger partial charge in [0.1, 0.15) is 0 Å². The molecule has 1 aromatic rings. The van der Waals surface area contributed by atoms with Crippen LogP contribution in [0.15, 0.2) is 22.7 Å². The van der Waals surface area contributed by atoms with E-state index in [1.165, 1.54) is 12.0 Å². The lowest BCUT2D eigenvalue weighted by Crippen LogP contribution is -2.43. The highest BCUT2D eigenvalue weighted by atomic mass is 79.9. The number of ether oxygens (including phenoxy) is 1. The molecule has 1 unspecified atom stereocenters. The Balaban J connectivity index is 2.45. The third kappa shape index (κ3) is 2.20. The van der Waals surface area contributed by atoms with E-state index in [0.29, 0.717) is 18.5 Å². The molecule has 0 saturated carbocycles. The zero-order valence-electron chi connectivity index (χ0n) is 9.72. The summed E-state index contributed by atoms with van der Waals surface area (Å²) in [6, 6.07) is 4.41. The monoisotopic (exact) mass is 313 g/mol. The lowest BCUT2D eigenvalue weighted by molar-refractivity contribution is -0.143. The molecule has 5 nitrogen and oxygen atoms in total. The molecule has 18 heavy (non-hydrogen) atoms. The molecule has 0 fully saturated rings. The maximum absolute atomic E-state index is 11.6. The molecule has 1 aliphatic heterocycles. The second-order valence-electron chi connectivity index (χ2n) is 4.00. The molecule has 1 aliphatic rings. The third-order valence-corrected chi connectivity index (χ3v) is 3.47. The standard InChI is InChI=1S/C12H12BrNO4/c1-18-12(17)14-5-4-7-6-8(13)2-3-9(7)10(14)11(15)16/h2-3,6,10H,4-5H2,1H3,(H,15,16). The van der Waals surface area contributed by atoms with Crippen LogP contribution in [0.1, 0.15) is 17.2 Å². The molecule has 1 heterocycles. The van der Waals surface area contributed by atoms with Crippen molar-refractivity contribution in [2.24, 2.45) is 0 Å². The van der Waals surface area contributed by atoms with Crippen LogP contribution >= 0.6 is 15.9 Å². The second-order valence-corrected chi connectivity index (χ2v) is 4.91. The summed E-state index contributed by atoms with van der Waals surface area (Å²) in [7, 11) is 1.25. The third-order valence-electron chi connectivity index (χ3n) is 2.98. The van der Waals surface area contributed by atoms with Crippen LogP contribution in [0, 0.1) is 0 Å². The molecular formula is C12H12BrNO4. The number of nitrogens with zero attached hydrogens (tertiary/aromatic N) is 1. The number of hydrogen-bond donors (Lipinski definition) is 1. The number of carbonyl (C=O) groups is 2. The Kier molecular flexibility index (Phi) is 3.56. The molecule has 1 amide bonds. The number of carbonyl (C=O) groups excluding carboxylic acids is 1. The number of fused-ring (bicyclic) bond motifs is 1. The van der Waals surface area contributed by atoms with E-state index in [-0.39, 0.29) is 0 Å². The van der Waals surface area contributed by atoms with Crippen molar-refractivity contribution in [1.82, 2.24) is 4.90 Å². The van der Waals surface area contributed by atoms with Crippen molar-refractivity contribution in [2.75, 3.05) is 13.7 Å². The Hall–Kier alpha value is -1.56. The molecule has 1 aromatic carbocycles. The number of halogens is 1. The summed E-state index contributed by atoms with van der Waals surface area (Å²) in [6.45, 7) is 0.340. The van der Waals surface area contributed by atoms with Crippen LogP contribution in [0.5, 0.6) is 0 Å². The van der Waals surface area contributed by atoms with Gasteiger partial charge >= 0.3 is 12.1 Å². The molecule has 0 aromatic heterocycles. The first-order valence-electron chi connectivity index (χ1n) is 5.40. The van der Waals surface area contributed by atoms with Crippen LogP contribution in [0.4, 0.5) is 4.79 Å². The van der Waals surface area contributed by atoms with Gasteiger partial charge in [0.15, 0.2) is 6.04 Å². The zero-order chi connectivity index (χ0) is 13.3. The summed E-state index contributed by atoms with van der Waals surface area (Å²) < 4.78 is 5.52.